The van der Waals surface area contributed by atoms with Crippen LogP contribution in [0.4, 0.5) is 5.82 Å². The Morgan fingerprint density at radius 3 is 3.15 bits per heavy atom. The van der Waals surface area contributed by atoms with Gasteiger partial charge in [-0.1, -0.05) is 6.07 Å². The van der Waals surface area contributed by atoms with Crippen LogP contribution < -0.4 is 16.2 Å². The molecule has 0 saturated carbocycles. The van der Waals surface area contributed by atoms with Crippen LogP contribution in [0.2, 0.25) is 0 Å². The molecule has 0 aromatic carbocycles. The van der Waals surface area contributed by atoms with E-state index in [1.165, 1.54) is 12.8 Å². The summed E-state index contributed by atoms with van der Waals surface area (Å²) in [6.45, 7) is 3.51. The number of carbonyl (C=O) groups is 1. The number of piperidine rings is 1. The van der Waals surface area contributed by atoms with Gasteiger partial charge in [0.25, 0.3) is 5.91 Å². The van der Waals surface area contributed by atoms with Gasteiger partial charge in [0.2, 0.25) is 0 Å². The SMILES string of the molecule is CN(CC(=O)NNc1ccccn1)CC1CCCNC1. The topological polar surface area (TPSA) is 69.3 Å². The van der Waals surface area contributed by atoms with Crippen molar-refractivity contribution in [3.63, 3.8) is 0 Å². The van der Waals surface area contributed by atoms with Crippen molar-refractivity contribution in [2.45, 2.75) is 12.8 Å². The van der Waals surface area contributed by atoms with Crippen molar-refractivity contribution in [1.29, 1.82) is 0 Å². The van der Waals surface area contributed by atoms with E-state index in [2.05, 4.69) is 26.1 Å². The van der Waals surface area contributed by atoms with Crippen molar-refractivity contribution in [3.8, 4) is 0 Å². The number of rotatable bonds is 6. The summed E-state index contributed by atoms with van der Waals surface area (Å²) in [7, 11) is 1.98. The molecule has 1 amide bonds. The molecule has 1 saturated heterocycles. The van der Waals surface area contributed by atoms with Crippen LogP contribution >= 0.6 is 0 Å². The first-order valence-electron chi connectivity index (χ1n) is 7.09. The first-order chi connectivity index (χ1) is 9.74. The lowest BCUT2D eigenvalue weighted by Crippen LogP contribution is -2.42. The Bertz CT molecular complexity index is 405. The number of amides is 1. The van der Waals surface area contributed by atoms with Gasteiger partial charge in [-0.15, -0.1) is 0 Å². The Balaban J connectivity index is 1.65. The van der Waals surface area contributed by atoms with Gasteiger partial charge in [0.1, 0.15) is 5.82 Å². The lowest BCUT2D eigenvalue weighted by molar-refractivity contribution is -0.121. The number of hydrazine groups is 1. The molecule has 2 rings (SSSR count). The predicted molar refractivity (Wildman–Crippen MR) is 79.1 cm³/mol. The molecule has 1 aromatic rings. The molecular formula is C14H23N5O. The lowest BCUT2D eigenvalue weighted by atomic mass is 9.99. The van der Waals surface area contributed by atoms with Gasteiger partial charge in [0.05, 0.1) is 6.54 Å². The number of carbonyl (C=O) groups excluding carboxylic acids is 1. The number of anilines is 1. The van der Waals surface area contributed by atoms with Crippen LogP contribution in [0.1, 0.15) is 12.8 Å². The minimum atomic E-state index is -0.0538. The summed E-state index contributed by atoms with van der Waals surface area (Å²) in [4.78, 5) is 17.9. The van der Waals surface area contributed by atoms with Crippen LogP contribution in [-0.2, 0) is 4.79 Å². The Hall–Kier alpha value is -1.66. The number of pyridine rings is 1. The maximum Gasteiger partial charge on any atom is 0.252 e. The van der Waals surface area contributed by atoms with E-state index in [0.29, 0.717) is 18.3 Å². The Kier molecular flexibility index (Phi) is 5.76. The highest BCUT2D eigenvalue weighted by Crippen LogP contribution is 2.10. The van der Waals surface area contributed by atoms with Crippen molar-refractivity contribution >= 4 is 11.7 Å². The fraction of sp³-hybridized carbons (Fsp3) is 0.571. The van der Waals surface area contributed by atoms with E-state index in [0.717, 1.165) is 19.6 Å². The molecule has 1 unspecified atom stereocenters. The fourth-order valence-electron chi connectivity index (χ4n) is 2.44. The molecule has 0 aliphatic carbocycles. The van der Waals surface area contributed by atoms with Crippen LogP contribution in [0.15, 0.2) is 24.4 Å². The molecule has 1 aromatic heterocycles. The molecule has 1 fully saturated rings. The number of nitrogens with zero attached hydrogens (tertiary/aromatic N) is 2. The third kappa shape index (κ3) is 5.14. The minimum absolute atomic E-state index is 0.0538. The number of aromatic nitrogens is 1. The Morgan fingerprint density at radius 1 is 1.55 bits per heavy atom. The number of nitrogens with one attached hydrogen (secondary N) is 3. The molecule has 1 aliphatic heterocycles. The van der Waals surface area contributed by atoms with E-state index in [-0.39, 0.29) is 5.91 Å². The highest BCUT2D eigenvalue weighted by atomic mass is 16.2. The van der Waals surface area contributed by atoms with Gasteiger partial charge in [0.15, 0.2) is 0 Å². The number of likely N-dealkylation sites (N-methyl/N-ethyl adjacent to an activating group) is 1. The standard InChI is InChI=1S/C14H23N5O/c1-19(10-12-5-4-7-15-9-12)11-14(20)18-17-13-6-2-3-8-16-13/h2-3,6,8,12,15H,4-5,7,9-11H2,1H3,(H,16,17)(H,18,20). The number of hydrogen-bond donors (Lipinski definition) is 3. The molecule has 0 spiro atoms. The summed E-state index contributed by atoms with van der Waals surface area (Å²) in [6.07, 6.45) is 4.15. The maximum absolute atomic E-state index is 11.8. The quantitative estimate of drug-likeness (QED) is 0.659. The zero-order valence-electron chi connectivity index (χ0n) is 11.9. The van der Waals surface area contributed by atoms with E-state index in [9.17, 15) is 4.79 Å². The van der Waals surface area contributed by atoms with Crippen molar-refractivity contribution in [1.82, 2.24) is 20.6 Å². The van der Waals surface area contributed by atoms with E-state index < -0.39 is 0 Å². The van der Waals surface area contributed by atoms with Gasteiger partial charge in [-0.05, 0) is 51.0 Å². The second-order valence-corrected chi connectivity index (χ2v) is 5.30. The first kappa shape index (κ1) is 14.7. The van der Waals surface area contributed by atoms with E-state index in [1.807, 2.05) is 19.2 Å². The molecule has 2 heterocycles. The fourth-order valence-corrected chi connectivity index (χ4v) is 2.44. The summed E-state index contributed by atoms with van der Waals surface area (Å²) in [5, 5.41) is 3.39. The zero-order valence-corrected chi connectivity index (χ0v) is 11.9. The van der Waals surface area contributed by atoms with Gasteiger partial charge in [-0.2, -0.15) is 0 Å². The van der Waals surface area contributed by atoms with Crippen LogP contribution in [0.5, 0.6) is 0 Å². The third-order valence-corrected chi connectivity index (χ3v) is 3.38. The second-order valence-electron chi connectivity index (χ2n) is 5.30. The van der Waals surface area contributed by atoms with Crippen LogP contribution in [-0.4, -0.2) is 49.0 Å². The largest absolute Gasteiger partial charge is 0.316 e. The van der Waals surface area contributed by atoms with Crippen LogP contribution in [0.3, 0.4) is 0 Å². The van der Waals surface area contributed by atoms with E-state index in [1.54, 1.807) is 12.3 Å². The molecule has 6 heteroatoms. The Labute approximate surface area is 119 Å². The summed E-state index contributed by atoms with van der Waals surface area (Å²) < 4.78 is 0. The predicted octanol–water partition coefficient (Wildman–Crippen LogP) is 0.456. The first-order valence-corrected chi connectivity index (χ1v) is 7.09. The van der Waals surface area contributed by atoms with Gasteiger partial charge < -0.3 is 5.32 Å². The summed E-state index contributed by atoms with van der Waals surface area (Å²) in [5.74, 6) is 1.23. The molecule has 0 radical (unpaired) electrons. The van der Waals surface area contributed by atoms with Crippen molar-refractivity contribution < 1.29 is 4.79 Å². The lowest BCUT2D eigenvalue weighted by Gasteiger charge is -2.27. The molecule has 6 nitrogen and oxygen atoms in total. The molecule has 3 N–H and O–H groups in total. The molecular weight excluding hydrogens is 254 g/mol. The van der Waals surface area contributed by atoms with Gasteiger partial charge in [-0.3, -0.25) is 20.5 Å². The second kappa shape index (κ2) is 7.81. The van der Waals surface area contributed by atoms with Crippen LogP contribution in [0, 0.1) is 5.92 Å². The molecule has 110 valence electrons. The van der Waals surface area contributed by atoms with Crippen molar-refractivity contribution in [2.75, 3.05) is 38.7 Å². The summed E-state index contributed by atoms with van der Waals surface area (Å²) >= 11 is 0. The highest BCUT2D eigenvalue weighted by Gasteiger charge is 2.16. The summed E-state index contributed by atoms with van der Waals surface area (Å²) in [5.41, 5.74) is 5.46. The molecule has 20 heavy (non-hydrogen) atoms. The van der Waals surface area contributed by atoms with E-state index in [4.69, 9.17) is 0 Å². The zero-order chi connectivity index (χ0) is 14.2. The Morgan fingerprint density at radius 2 is 2.45 bits per heavy atom. The van der Waals surface area contributed by atoms with Gasteiger partial charge in [0, 0.05) is 12.7 Å². The van der Waals surface area contributed by atoms with E-state index >= 15 is 0 Å². The molecule has 1 atom stereocenters. The molecule has 0 bridgehead atoms. The third-order valence-electron chi connectivity index (χ3n) is 3.38. The maximum atomic E-state index is 11.8. The normalized spacial score (nSPS) is 18.8. The van der Waals surface area contributed by atoms with Crippen molar-refractivity contribution in [2.24, 2.45) is 5.92 Å². The average Bonchev–Trinajstić information content (AvgIpc) is 2.47. The number of hydrogen-bond acceptors (Lipinski definition) is 5. The smallest absolute Gasteiger partial charge is 0.252 e. The molecule has 1 aliphatic rings. The average molecular weight is 277 g/mol. The minimum Gasteiger partial charge on any atom is -0.316 e. The van der Waals surface area contributed by atoms with Crippen molar-refractivity contribution in [3.05, 3.63) is 24.4 Å². The summed E-state index contributed by atoms with van der Waals surface area (Å²) in [6, 6.07) is 5.50. The van der Waals surface area contributed by atoms with Gasteiger partial charge >= 0.3 is 0 Å². The van der Waals surface area contributed by atoms with Gasteiger partial charge in [-0.25, -0.2) is 4.98 Å². The highest BCUT2D eigenvalue weighted by molar-refractivity contribution is 5.79. The van der Waals surface area contributed by atoms with Crippen LogP contribution in [0.25, 0.3) is 0 Å². The monoisotopic (exact) mass is 277 g/mol.